The first kappa shape index (κ1) is 14.3. The van der Waals surface area contributed by atoms with Crippen LogP contribution in [0, 0.1) is 0 Å². The van der Waals surface area contributed by atoms with Crippen molar-refractivity contribution in [2.45, 2.75) is 49.6 Å². The van der Waals surface area contributed by atoms with Gasteiger partial charge in [-0.05, 0) is 37.1 Å². The van der Waals surface area contributed by atoms with Gasteiger partial charge in [-0.15, -0.1) is 0 Å². The molecule has 1 aliphatic rings. The number of nitrogens with one attached hydrogen (secondary N) is 1. The lowest BCUT2D eigenvalue weighted by Gasteiger charge is -2.30. The van der Waals surface area contributed by atoms with E-state index >= 15 is 0 Å². The summed E-state index contributed by atoms with van der Waals surface area (Å²) in [6.07, 6.45) is 4.54. The zero-order valence-electron chi connectivity index (χ0n) is 11.3. The number of sulfone groups is 1. The maximum absolute atomic E-state index is 11.7. The Morgan fingerprint density at radius 1 is 1.21 bits per heavy atom. The molecule has 106 valence electrons. The second kappa shape index (κ2) is 5.92. The van der Waals surface area contributed by atoms with Crippen molar-refractivity contribution in [2.75, 3.05) is 11.1 Å². The Hall–Kier alpha value is -1.07. The zero-order chi connectivity index (χ0) is 13.9. The van der Waals surface area contributed by atoms with Gasteiger partial charge in [-0.2, -0.15) is 0 Å². The second-order valence-electron chi connectivity index (χ2n) is 5.13. The number of hydrogen-bond acceptors (Lipinski definition) is 4. The summed E-state index contributed by atoms with van der Waals surface area (Å²) in [6.45, 7) is 1.66. The third-order valence-corrected chi connectivity index (χ3v) is 5.52. The highest BCUT2D eigenvalue weighted by atomic mass is 32.2. The number of hydrogen-bond donors (Lipinski definition) is 2. The maximum atomic E-state index is 11.7. The Balaban J connectivity index is 2.06. The summed E-state index contributed by atoms with van der Waals surface area (Å²) < 4.78 is 23.4. The van der Waals surface area contributed by atoms with Crippen LogP contribution in [0.4, 0.5) is 5.69 Å². The molecule has 2 rings (SSSR count). The predicted molar refractivity (Wildman–Crippen MR) is 78.0 cm³/mol. The summed E-state index contributed by atoms with van der Waals surface area (Å²) in [7, 11) is -3.11. The summed E-state index contributed by atoms with van der Waals surface area (Å²) in [4.78, 5) is 0.383. The molecule has 0 saturated heterocycles. The van der Waals surface area contributed by atoms with Crippen LogP contribution in [0.25, 0.3) is 0 Å². The lowest BCUT2D eigenvalue weighted by atomic mass is 9.91. The van der Waals surface area contributed by atoms with Crippen molar-refractivity contribution in [3.63, 3.8) is 0 Å². The monoisotopic (exact) mass is 282 g/mol. The molecule has 1 fully saturated rings. The van der Waals surface area contributed by atoms with Gasteiger partial charge in [0.05, 0.1) is 10.6 Å². The average Bonchev–Trinajstić information content (AvgIpc) is 2.42. The van der Waals surface area contributed by atoms with Crippen molar-refractivity contribution in [1.29, 1.82) is 0 Å². The molecule has 0 spiro atoms. The molecule has 0 bridgehead atoms. The Labute approximate surface area is 115 Å². The maximum Gasteiger partial charge on any atom is 0.178 e. The van der Waals surface area contributed by atoms with Crippen LogP contribution in [0.15, 0.2) is 29.2 Å². The van der Waals surface area contributed by atoms with Crippen molar-refractivity contribution >= 4 is 15.5 Å². The van der Waals surface area contributed by atoms with Crippen molar-refractivity contribution in [2.24, 2.45) is 5.73 Å². The topological polar surface area (TPSA) is 72.2 Å². The van der Waals surface area contributed by atoms with Gasteiger partial charge in [-0.1, -0.05) is 19.8 Å². The van der Waals surface area contributed by atoms with Crippen LogP contribution in [0.1, 0.15) is 32.6 Å². The number of anilines is 1. The van der Waals surface area contributed by atoms with E-state index in [-0.39, 0.29) is 11.8 Å². The second-order valence-corrected chi connectivity index (χ2v) is 7.41. The molecular formula is C14H22N2O2S. The summed E-state index contributed by atoms with van der Waals surface area (Å²) in [5, 5.41) is 3.41. The first-order valence-electron chi connectivity index (χ1n) is 6.88. The van der Waals surface area contributed by atoms with E-state index in [2.05, 4.69) is 5.32 Å². The summed E-state index contributed by atoms with van der Waals surface area (Å²) >= 11 is 0. The average molecular weight is 282 g/mol. The van der Waals surface area contributed by atoms with Crippen molar-refractivity contribution in [1.82, 2.24) is 0 Å². The SMILES string of the molecule is CCS(=O)(=O)c1ccc(N[C@@H]2CCCC[C@H]2N)cc1. The van der Waals surface area contributed by atoms with E-state index in [0.29, 0.717) is 10.9 Å². The first-order valence-corrected chi connectivity index (χ1v) is 8.53. The Kier molecular flexibility index (Phi) is 4.47. The number of benzene rings is 1. The highest BCUT2D eigenvalue weighted by molar-refractivity contribution is 7.91. The molecule has 0 amide bonds. The van der Waals surface area contributed by atoms with E-state index in [1.54, 1.807) is 19.1 Å². The third kappa shape index (κ3) is 3.48. The van der Waals surface area contributed by atoms with Crippen molar-refractivity contribution in [3.05, 3.63) is 24.3 Å². The standard InChI is InChI=1S/C14H22N2O2S/c1-2-19(17,18)12-9-7-11(8-10-12)16-14-6-4-3-5-13(14)15/h7-10,13-14,16H,2-6,15H2,1H3/t13-,14-/m1/s1. The molecule has 3 N–H and O–H groups in total. The van der Waals surface area contributed by atoms with Crippen LogP contribution in [0.2, 0.25) is 0 Å². The quantitative estimate of drug-likeness (QED) is 0.887. The largest absolute Gasteiger partial charge is 0.381 e. The minimum Gasteiger partial charge on any atom is -0.381 e. The minimum absolute atomic E-state index is 0.132. The molecule has 1 aliphatic carbocycles. The van der Waals surface area contributed by atoms with Gasteiger partial charge in [-0.3, -0.25) is 0 Å². The van der Waals surface area contributed by atoms with E-state index in [9.17, 15) is 8.42 Å². The fourth-order valence-corrected chi connectivity index (χ4v) is 3.36. The predicted octanol–water partition coefficient (Wildman–Crippen LogP) is 2.16. The van der Waals surface area contributed by atoms with Gasteiger partial charge in [0.2, 0.25) is 0 Å². The van der Waals surface area contributed by atoms with Crippen LogP contribution < -0.4 is 11.1 Å². The fraction of sp³-hybridized carbons (Fsp3) is 0.571. The van der Waals surface area contributed by atoms with E-state index in [1.165, 1.54) is 12.8 Å². The fourth-order valence-electron chi connectivity index (χ4n) is 2.48. The van der Waals surface area contributed by atoms with Gasteiger partial charge in [0.15, 0.2) is 9.84 Å². The van der Waals surface area contributed by atoms with Crippen LogP contribution in [-0.2, 0) is 9.84 Å². The van der Waals surface area contributed by atoms with E-state index in [1.807, 2.05) is 12.1 Å². The molecule has 0 radical (unpaired) electrons. The molecule has 1 aromatic rings. The van der Waals surface area contributed by atoms with Gasteiger partial charge in [0, 0.05) is 17.8 Å². The van der Waals surface area contributed by atoms with Gasteiger partial charge in [0.1, 0.15) is 0 Å². The highest BCUT2D eigenvalue weighted by Gasteiger charge is 2.21. The molecule has 1 saturated carbocycles. The summed E-state index contributed by atoms with van der Waals surface area (Å²) in [6, 6.07) is 7.45. The lowest BCUT2D eigenvalue weighted by molar-refractivity contribution is 0.404. The van der Waals surface area contributed by atoms with Gasteiger partial charge >= 0.3 is 0 Å². The van der Waals surface area contributed by atoms with Crippen molar-refractivity contribution < 1.29 is 8.42 Å². The van der Waals surface area contributed by atoms with Crippen molar-refractivity contribution in [3.8, 4) is 0 Å². The molecule has 0 aromatic heterocycles. The molecule has 5 heteroatoms. The van der Waals surface area contributed by atoms with Gasteiger partial charge < -0.3 is 11.1 Å². The molecule has 0 heterocycles. The van der Waals surface area contributed by atoms with Crippen LogP contribution in [0.3, 0.4) is 0 Å². The normalized spacial score (nSPS) is 24.1. The van der Waals surface area contributed by atoms with Gasteiger partial charge in [0.25, 0.3) is 0 Å². The number of nitrogens with two attached hydrogens (primary N) is 1. The minimum atomic E-state index is -3.11. The highest BCUT2D eigenvalue weighted by Crippen LogP contribution is 2.22. The molecule has 0 unspecified atom stereocenters. The third-order valence-electron chi connectivity index (χ3n) is 3.76. The molecular weight excluding hydrogens is 260 g/mol. The molecule has 19 heavy (non-hydrogen) atoms. The smallest absolute Gasteiger partial charge is 0.178 e. The van der Waals surface area contributed by atoms with Crippen LogP contribution in [-0.4, -0.2) is 26.3 Å². The zero-order valence-corrected chi connectivity index (χ0v) is 12.1. The van der Waals surface area contributed by atoms with E-state index < -0.39 is 9.84 Å². The van der Waals surface area contributed by atoms with Crippen LogP contribution in [0.5, 0.6) is 0 Å². The van der Waals surface area contributed by atoms with Crippen LogP contribution >= 0.6 is 0 Å². The molecule has 1 aromatic carbocycles. The molecule has 0 aliphatic heterocycles. The lowest BCUT2D eigenvalue weighted by Crippen LogP contribution is -2.42. The van der Waals surface area contributed by atoms with Gasteiger partial charge in [-0.25, -0.2) is 8.42 Å². The van der Waals surface area contributed by atoms with E-state index in [4.69, 9.17) is 5.73 Å². The summed E-state index contributed by atoms with van der Waals surface area (Å²) in [5.74, 6) is 0.132. The summed E-state index contributed by atoms with van der Waals surface area (Å²) in [5.41, 5.74) is 7.03. The Morgan fingerprint density at radius 3 is 2.42 bits per heavy atom. The van der Waals surface area contributed by atoms with E-state index in [0.717, 1.165) is 18.5 Å². The number of rotatable bonds is 4. The first-order chi connectivity index (χ1) is 9.03. The molecule has 4 nitrogen and oxygen atoms in total. The Bertz CT molecular complexity index is 511. The molecule has 2 atom stereocenters. The Morgan fingerprint density at radius 2 is 1.84 bits per heavy atom.